The van der Waals surface area contributed by atoms with E-state index in [1.54, 1.807) is 13.3 Å². The summed E-state index contributed by atoms with van der Waals surface area (Å²) in [7, 11) is 1.63. The molecule has 33 heavy (non-hydrogen) atoms. The summed E-state index contributed by atoms with van der Waals surface area (Å²) in [4.78, 5) is 19.3. The molecule has 9 heteroatoms. The van der Waals surface area contributed by atoms with Crippen LogP contribution >= 0.6 is 0 Å². The van der Waals surface area contributed by atoms with Crippen LogP contribution in [0.5, 0.6) is 11.5 Å². The van der Waals surface area contributed by atoms with Crippen molar-refractivity contribution in [3.63, 3.8) is 0 Å². The second-order valence-electron chi connectivity index (χ2n) is 7.76. The quantitative estimate of drug-likeness (QED) is 0.446. The third kappa shape index (κ3) is 4.59. The minimum Gasteiger partial charge on any atom is -0.493 e. The van der Waals surface area contributed by atoms with Gasteiger partial charge in [-0.1, -0.05) is 12.1 Å². The van der Waals surface area contributed by atoms with Crippen LogP contribution in [0.3, 0.4) is 0 Å². The van der Waals surface area contributed by atoms with E-state index in [-0.39, 0.29) is 0 Å². The number of nitrogens with one attached hydrogen (secondary N) is 1. The Labute approximate surface area is 191 Å². The average Bonchev–Trinajstić information content (AvgIpc) is 3.29. The number of anilines is 1. The van der Waals surface area contributed by atoms with Gasteiger partial charge in [0.2, 0.25) is 0 Å². The number of hydrogen-bond donors (Lipinski definition) is 2. The Kier molecular flexibility index (Phi) is 6.05. The van der Waals surface area contributed by atoms with E-state index in [1.165, 1.54) is 0 Å². The highest BCUT2D eigenvalue weighted by atomic mass is 16.5. The van der Waals surface area contributed by atoms with Gasteiger partial charge in [0.05, 0.1) is 43.2 Å². The van der Waals surface area contributed by atoms with Gasteiger partial charge in [-0.2, -0.15) is 0 Å². The van der Waals surface area contributed by atoms with Crippen molar-refractivity contribution < 1.29 is 14.2 Å². The van der Waals surface area contributed by atoms with Crippen molar-refractivity contribution in [3.05, 3.63) is 48.7 Å². The van der Waals surface area contributed by atoms with Gasteiger partial charge >= 0.3 is 0 Å². The molecule has 9 nitrogen and oxygen atoms in total. The number of aromatic amines is 1. The second-order valence-corrected chi connectivity index (χ2v) is 7.76. The fourth-order valence-electron chi connectivity index (χ4n) is 3.83. The number of imidazole rings is 1. The van der Waals surface area contributed by atoms with Crippen molar-refractivity contribution in [2.75, 3.05) is 52.3 Å². The second kappa shape index (κ2) is 9.43. The number of morpholine rings is 1. The Hall–Kier alpha value is -3.69. The molecule has 5 rings (SSSR count). The van der Waals surface area contributed by atoms with Gasteiger partial charge in [0.15, 0.2) is 23.1 Å². The topological polar surface area (TPSA) is 111 Å². The van der Waals surface area contributed by atoms with Crippen LogP contribution in [0.25, 0.3) is 33.8 Å². The van der Waals surface area contributed by atoms with E-state index in [2.05, 4.69) is 19.9 Å². The smallest absolute Gasteiger partial charge is 0.161 e. The van der Waals surface area contributed by atoms with Gasteiger partial charge in [-0.3, -0.25) is 4.90 Å². The van der Waals surface area contributed by atoms with E-state index in [1.807, 2.05) is 42.5 Å². The number of nitrogens with zero attached hydrogens (tertiary/aromatic N) is 4. The van der Waals surface area contributed by atoms with Gasteiger partial charge in [0, 0.05) is 25.2 Å². The first-order valence-electron chi connectivity index (χ1n) is 10.9. The molecule has 0 atom stereocenters. The standard InChI is InChI=1S/C24H26N6O3/c1-31-21-14-16(6-7-20(21)33-13-10-30-8-11-32-12-9-30)19-15-26-23(25)22(27-19)24-28-17-4-2-3-5-18(17)29-24/h2-7,14-15H,8-13H2,1H3,(H2,25,26)(H,28,29). The molecule has 1 saturated heterocycles. The lowest BCUT2D eigenvalue weighted by Crippen LogP contribution is -2.38. The van der Waals surface area contributed by atoms with Crippen LogP contribution in [-0.4, -0.2) is 71.4 Å². The van der Waals surface area contributed by atoms with Crippen molar-refractivity contribution in [1.29, 1.82) is 0 Å². The van der Waals surface area contributed by atoms with Gasteiger partial charge < -0.3 is 24.9 Å². The molecule has 3 heterocycles. The fraction of sp³-hybridized carbons (Fsp3) is 0.292. The summed E-state index contributed by atoms with van der Waals surface area (Å²) in [5.74, 6) is 2.22. The number of para-hydroxylation sites is 2. The van der Waals surface area contributed by atoms with Crippen LogP contribution in [0, 0.1) is 0 Å². The van der Waals surface area contributed by atoms with Crippen molar-refractivity contribution in [3.8, 4) is 34.3 Å². The summed E-state index contributed by atoms with van der Waals surface area (Å²) < 4.78 is 17.0. The van der Waals surface area contributed by atoms with E-state index in [0.717, 1.165) is 49.4 Å². The summed E-state index contributed by atoms with van der Waals surface area (Å²) in [5, 5.41) is 0. The molecule has 0 radical (unpaired) electrons. The van der Waals surface area contributed by atoms with E-state index >= 15 is 0 Å². The molecule has 170 valence electrons. The predicted molar refractivity (Wildman–Crippen MR) is 126 cm³/mol. The number of nitrogen functional groups attached to an aromatic ring is 1. The average molecular weight is 447 g/mol. The van der Waals surface area contributed by atoms with Crippen LogP contribution < -0.4 is 15.2 Å². The van der Waals surface area contributed by atoms with Crippen molar-refractivity contribution in [2.45, 2.75) is 0 Å². The monoisotopic (exact) mass is 446 g/mol. The first-order chi connectivity index (χ1) is 16.2. The van der Waals surface area contributed by atoms with Crippen LogP contribution in [0.15, 0.2) is 48.7 Å². The fourth-order valence-corrected chi connectivity index (χ4v) is 3.83. The minimum atomic E-state index is 0.313. The molecule has 0 amide bonds. The highest BCUT2D eigenvalue weighted by molar-refractivity contribution is 5.81. The van der Waals surface area contributed by atoms with Gasteiger partial charge in [-0.15, -0.1) is 0 Å². The number of rotatable bonds is 7. The molecule has 0 spiro atoms. The number of hydrogen-bond acceptors (Lipinski definition) is 8. The third-order valence-corrected chi connectivity index (χ3v) is 5.64. The zero-order valence-electron chi connectivity index (χ0n) is 18.5. The molecule has 0 bridgehead atoms. The van der Waals surface area contributed by atoms with Gasteiger partial charge in [-0.25, -0.2) is 15.0 Å². The highest BCUT2D eigenvalue weighted by Gasteiger charge is 2.15. The third-order valence-electron chi connectivity index (χ3n) is 5.64. The molecule has 0 saturated carbocycles. The molecular weight excluding hydrogens is 420 g/mol. The van der Waals surface area contributed by atoms with Crippen LogP contribution in [0.4, 0.5) is 5.82 Å². The van der Waals surface area contributed by atoms with Crippen molar-refractivity contribution in [1.82, 2.24) is 24.8 Å². The molecule has 3 N–H and O–H groups in total. The lowest BCUT2D eigenvalue weighted by Gasteiger charge is -2.26. The maximum atomic E-state index is 6.13. The zero-order valence-corrected chi connectivity index (χ0v) is 18.5. The summed E-state index contributed by atoms with van der Waals surface area (Å²) in [6, 6.07) is 13.5. The van der Waals surface area contributed by atoms with Crippen LogP contribution in [-0.2, 0) is 4.74 Å². The van der Waals surface area contributed by atoms with Crippen LogP contribution in [0.2, 0.25) is 0 Å². The predicted octanol–water partition coefficient (Wildman–Crippen LogP) is 2.99. The zero-order chi connectivity index (χ0) is 22.6. The van der Waals surface area contributed by atoms with Crippen molar-refractivity contribution in [2.24, 2.45) is 0 Å². The number of ether oxygens (including phenoxy) is 3. The SMILES string of the molecule is COc1cc(-c2cnc(N)c(-c3nc4ccccc4[nH]3)n2)ccc1OCCN1CCOCC1. The number of H-pyrrole nitrogens is 1. The number of fused-ring (bicyclic) bond motifs is 1. The largest absolute Gasteiger partial charge is 0.493 e. The Balaban J connectivity index is 1.37. The first-order valence-corrected chi connectivity index (χ1v) is 10.9. The Bertz CT molecular complexity index is 1220. The van der Waals surface area contributed by atoms with E-state index in [0.29, 0.717) is 41.1 Å². The molecule has 0 aliphatic carbocycles. The molecule has 2 aromatic carbocycles. The summed E-state index contributed by atoms with van der Waals surface area (Å²) in [6.45, 7) is 4.84. The Morgan fingerprint density at radius 3 is 2.76 bits per heavy atom. The lowest BCUT2D eigenvalue weighted by molar-refractivity contribution is 0.0321. The summed E-state index contributed by atoms with van der Waals surface area (Å²) in [6.07, 6.45) is 1.65. The molecular formula is C24H26N6O3. The highest BCUT2D eigenvalue weighted by Crippen LogP contribution is 2.33. The Morgan fingerprint density at radius 2 is 1.94 bits per heavy atom. The molecule has 2 aromatic heterocycles. The molecule has 0 unspecified atom stereocenters. The summed E-state index contributed by atoms with van der Waals surface area (Å²) >= 11 is 0. The van der Waals surface area contributed by atoms with E-state index in [4.69, 9.17) is 24.9 Å². The summed E-state index contributed by atoms with van der Waals surface area (Å²) in [5.41, 5.74) is 9.91. The lowest BCUT2D eigenvalue weighted by atomic mass is 10.1. The van der Waals surface area contributed by atoms with Gasteiger partial charge in [0.1, 0.15) is 12.3 Å². The minimum absolute atomic E-state index is 0.313. The van der Waals surface area contributed by atoms with Crippen molar-refractivity contribution >= 4 is 16.9 Å². The number of benzene rings is 2. The van der Waals surface area contributed by atoms with E-state index in [9.17, 15) is 0 Å². The van der Waals surface area contributed by atoms with Gasteiger partial charge in [0.25, 0.3) is 0 Å². The first kappa shape index (κ1) is 21.2. The molecule has 1 aliphatic rings. The number of methoxy groups -OCH3 is 1. The molecule has 1 aliphatic heterocycles. The number of nitrogens with two attached hydrogens (primary N) is 1. The molecule has 4 aromatic rings. The van der Waals surface area contributed by atoms with Crippen LogP contribution in [0.1, 0.15) is 0 Å². The van der Waals surface area contributed by atoms with Gasteiger partial charge in [-0.05, 0) is 30.3 Å². The maximum Gasteiger partial charge on any atom is 0.161 e. The normalized spacial score (nSPS) is 14.5. The van der Waals surface area contributed by atoms with E-state index < -0.39 is 0 Å². The Morgan fingerprint density at radius 1 is 1.09 bits per heavy atom. The molecule has 1 fully saturated rings. The maximum absolute atomic E-state index is 6.13. The number of aromatic nitrogens is 4.